The molecule has 0 radical (unpaired) electrons. The van der Waals surface area contributed by atoms with Crippen molar-refractivity contribution in [2.24, 2.45) is 4.99 Å². The lowest BCUT2D eigenvalue weighted by Gasteiger charge is -2.32. The highest BCUT2D eigenvalue weighted by Gasteiger charge is 2.33. The minimum Gasteiger partial charge on any atom is -0.383 e. The van der Waals surface area contributed by atoms with Crippen LogP contribution in [0.1, 0.15) is 91.7 Å². The van der Waals surface area contributed by atoms with Gasteiger partial charge in [-0.3, -0.25) is 28.7 Å². The van der Waals surface area contributed by atoms with E-state index in [1.54, 1.807) is 52.1 Å². The van der Waals surface area contributed by atoms with Crippen molar-refractivity contribution in [1.82, 2.24) is 54.5 Å². The van der Waals surface area contributed by atoms with Gasteiger partial charge >= 0.3 is 0 Å². The summed E-state index contributed by atoms with van der Waals surface area (Å²) in [5.41, 5.74) is 13.9. The van der Waals surface area contributed by atoms with Crippen molar-refractivity contribution in [3.05, 3.63) is 116 Å². The molecular formula is C53H65ClN14O6S. The maximum Gasteiger partial charge on any atom is 0.277 e. The Morgan fingerprint density at radius 3 is 2.45 bits per heavy atom. The van der Waals surface area contributed by atoms with Crippen LogP contribution in [0.25, 0.3) is 16.0 Å². The number of likely N-dealkylation sites (tertiary alicyclic amines) is 1. The number of amides is 4. The van der Waals surface area contributed by atoms with Crippen LogP contribution >= 0.6 is 22.9 Å². The van der Waals surface area contributed by atoms with E-state index in [1.165, 1.54) is 11.2 Å². The van der Waals surface area contributed by atoms with E-state index in [9.17, 15) is 19.2 Å². The zero-order valence-electron chi connectivity index (χ0n) is 43.8. The summed E-state index contributed by atoms with van der Waals surface area (Å²) >= 11 is 7.91. The van der Waals surface area contributed by atoms with Gasteiger partial charge in [0, 0.05) is 79.6 Å². The number of aromatic nitrogens is 7. The minimum absolute atomic E-state index is 0.0141. The smallest absolute Gasteiger partial charge is 0.277 e. The van der Waals surface area contributed by atoms with E-state index in [0.29, 0.717) is 86.7 Å². The molecule has 2 aliphatic rings. The molecule has 75 heavy (non-hydrogen) atoms. The van der Waals surface area contributed by atoms with Crippen LogP contribution in [0.15, 0.2) is 59.9 Å². The van der Waals surface area contributed by atoms with Crippen molar-refractivity contribution in [2.75, 3.05) is 91.3 Å². The topological polar surface area (TPSA) is 233 Å². The molecule has 6 heterocycles. The predicted octanol–water partition coefficient (Wildman–Crippen LogP) is 5.91. The van der Waals surface area contributed by atoms with Crippen molar-refractivity contribution in [3.8, 4) is 5.00 Å². The van der Waals surface area contributed by atoms with Crippen LogP contribution in [0.2, 0.25) is 5.02 Å². The molecule has 2 aliphatic heterocycles. The Hall–Kier alpha value is -6.91. The number of hydrogen-bond donors (Lipinski definition) is 3. The molecule has 396 valence electrons. The molecule has 0 aliphatic carbocycles. The van der Waals surface area contributed by atoms with Crippen LogP contribution in [0.5, 0.6) is 0 Å². The average Bonchev–Trinajstić information content (AvgIpc) is 4.04. The maximum absolute atomic E-state index is 13.9. The Labute approximate surface area is 445 Å². The Kier molecular flexibility index (Phi) is 17.5. The first-order valence-corrected chi connectivity index (χ1v) is 26.2. The van der Waals surface area contributed by atoms with Gasteiger partial charge in [-0.05, 0) is 95.0 Å². The van der Waals surface area contributed by atoms with Crippen LogP contribution in [0, 0.1) is 34.6 Å². The van der Waals surface area contributed by atoms with Gasteiger partial charge in [-0.15, -0.1) is 21.5 Å². The number of nitrogens with two attached hydrogens (primary N) is 1. The molecule has 0 bridgehead atoms. The predicted molar refractivity (Wildman–Crippen MR) is 290 cm³/mol. The number of fused-ring (bicyclic) bond motifs is 4. The number of halogens is 1. The SMILES string of the molecule is Cc1sc2c(c1C)C(c1ccc(Cl)cc1)=N[C@@H](CC(=O)NCCOCCOCCN(C)C/C=C/C(=O)N1CCCC(n3nc(C(=O)Nc4ccc(CC(=O)N(C)C)c(C)c4C)c4c(N)ncnc43)C1)c1nnc(C)n1-2. The maximum atomic E-state index is 13.9. The monoisotopic (exact) mass is 1060 g/mol. The highest BCUT2D eigenvalue weighted by Crippen LogP contribution is 2.40. The first-order valence-electron chi connectivity index (χ1n) is 25.0. The number of nitrogens with one attached hydrogen (secondary N) is 2. The number of rotatable bonds is 20. The number of benzene rings is 2. The molecular weight excluding hydrogens is 996 g/mol. The number of likely N-dealkylation sites (N-methyl/N-ethyl adjacent to an activating group) is 2. The lowest BCUT2D eigenvalue weighted by Crippen LogP contribution is -2.40. The molecule has 1 fully saturated rings. The highest BCUT2D eigenvalue weighted by atomic mass is 35.5. The van der Waals surface area contributed by atoms with Gasteiger partial charge in [0.05, 0.1) is 56.4 Å². The number of thiophene rings is 1. The number of carbonyl (C=O) groups is 4. The summed E-state index contributed by atoms with van der Waals surface area (Å²) in [6.07, 6.45) is 6.57. The van der Waals surface area contributed by atoms with Gasteiger partial charge in [0.25, 0.3) is 5.91 Å². The molecule has 4 aromatic heterocycles. The zero-order valence-corrected chi connectivity index (χ0v) is 45.3. The molecule has 6 aromatic rings. The van der Waals surface area contributed by atoms with E-state index in [-0.39, 0.29) is 48.1 Å². The number of nitrogens with zero attached hydrogens (tertiary/aromatic N) is 11. The van der Waals surface area contributed by atoms with Gasteiger partial charge in [-0.25, -0.2) is 14.6 Å². The summed E-state index contributed by atoms with van der Waals surface area (Å²) in [6.45, 7) is 13.9. The summed E-state index contributed by atoms with van der Waals surface area (Å²) in [5.74, 6) is 0.701. The standard InChI is InChI=1S/C53H65ClN14O6S/c1-31-32(2)40(18-15-37(31)27-44(71)64(6)7)60-52(72)48-46-49(55)57-30-58-51(46)68(63-48)39-11-9-21-66(29-39)43(70)12-10-20-65(8)22-24-74-26-25-73-23-19-56-42(69)28-41-50-62-61-35(5)67(50)53-45(33(3)34(4)75-53)47(59-41)36-13-16-38(54)17-14-36/h10,12-18,30,39,41H,9,11,19-29H2,1-8H3,(H,56,69)(H,60,72)(H2,55,57,58)/b12-10+/t39?,41-/m0/s1. The van der Waals surface area contributed by atoms with E-state index >= 15 is 0 Å². The number of carbonyl (C=O) groups excluding carboxylic acids is 4. The normalized spacial score (nSPS) is 15.5. The quantitative estimate of drug-likeness (QED) is 0.0597. The van der Waals surface area contributed by atoms with Crippen molar-refractivity contribution < 1.29 is 28.7 Å². The van der Waals surface area contributed by atoms with Gasteiger partial charge in [-0.2, -0.15) is 5.10 Å². The van der Waals surface area contributed by atoms with Gasteiger partial charge in [-0.1, -0.05) is 35.9 Å². The van der Waals surface area contributed by atoms with Crippen LogP contribution in [0.4, 0.5) is 11.5 Å². The second-order valence-corrected chi connectivity index (χ2v) is 20.8. The van der Waals surface area contributed by atoms with Crippen LogP contribution < -0.4 is 16.4 Å². The van der Waals surface area contributed by atoms with Gasteiger partial charge in [0.1, 0.15) is 29.0 Å². The summed E-state index contributed by atoms with van der Waals surface area (Å²) in [6, 6.07) is 10.4. The number of piperidine rings is 1. The van der Waals surface area contributed by atoms with Gasteiger partial charge < -0.3 is 40.5 Å². The first kappa shape index (κ1) is 54.4. The van der Waals surface area contributed by atoms with Crippen LogP contribution in [-0.2, 0) is 30.3 Å². The third-order valence-corrected chi connectivity index (χ3v) is 15.2. The number of nitrogen functional groups attached to an aromatic ring is 1. The number of aryl methyl sites for hydroxylation is 2. The summed E-state index contributed by atoms with van der Waals surface area (Å²) in [7, 11) is 5.40. The lowest BCUT2D eigenvalue weighted by atomic mass is 9.98. The fraction of sp³-hybridized carbons (Fsp3) is 0.434. The number of hydrogen-bond acceptors (Lipinski definition) is 15. The van der Waals surface area contributed by atoms with Crippen molar-refractivity contribution in [2.45, 2.75) is 72.4 Å². The number of aliphatic imine (C=N–C) groups is 1. The second-order valence-electron chi connectivity index (χ2n) is 19.1. The van der Waals surface area contributed by atoms with E-state index in [2.05, 4.69) is 49.5 Å². The van der Waals surface area contributed by atoms with Crippen LogP contribution in [0.3, 0.4) is 0 Å². The fourth-order valence-corrected chi connectivity index (χ4v) is 10.5. The minimum atomic E-state index is -0.562. The molecule has 1 saturated heterocycles. The highest BCUT2D eigenvalue weighted by molar-refractivity contribution is 7.15. The Morgan fingerprint density at radius 2 is 1.69 bits per heavy atom. The van der Waals surface area contributed by atoms with Crippen molar-refractivity contribution in [3.63, 3.8) is 0 Å². The molecule has 8 rings (SSSR count). The lowest BCUT2D eigenvalue weighted by molar-refractivity contribution is -0.128. The zero-order chi connectivity index (χ0) is 53.5. The number of anilines is 2. The summed E-state index contributed by atoms with van der Waals surface area (Å²) in [4.78, 5) is 73.5. The van der Waals surface area contributed by atoms with E-state index in [1.807, 2.05) is 68.8 Å². The van der Waals surface area contributed by atoms with Gasteiger partial charge in [0.2, 0.25) is 17.7 Å². The Bertz CT molecular complexity index is 3150. The summed E-state index contributed by atoms with van der Waals surface area (Å²) in [5, 5.41) is 21.5. The Morgan fingerprint density at radius 1 is 0.933 bits per heavy atom. The third-order valence-electron chi connectivity index (χ3n) is 13.7. The van der Waals surface area contributed by atoms with Crippen molar-refractivity contribution >= 4 is 74.8 Å². The number of ether oxygens (including phenoxy) is 2. The average molecular weight is 1060 g/mol. The van der Waals surface area contributed by atoms with E-state index < -0.39 is 11.9 Å². The molecule has 20 nitrogen and oxygen atoms in total. The Balaban J connectivity index is 0.755. The third kappa shape index (κ3) is 12.5. The van der Waals surface area contributed by atoms with E-state index in [0.717, 1.165) is 62.8 Å². The largest absolute Gasteiger partial charge is 0.383 e. The molecule has 4 amide bonds. The van der Waals surface area contributed by atoms with E-state index in [4.69, 9.17) is 36.9 Å². The van der Waals surface area contributed by atoms with Crippen LogP contribution in [-0.4, -0.2) is 159 Å². The molecule has 4 N–H and O–H groups in total. The van der Waals surface area contributed by atoms with Gasteiger partial charge in [0.15, 0.2) is 17.2 Å². The molecule has 0 spiro atoms. The molecule has 2 aromatic carbocycles. The summed E-state index contributed by atoms with van der Waals surface area (Å²) < 4.78 is 15.3. The molecule has 22 heteroatoms. The van der Waals surface area contributed by atoms with Crippen molar-refractivity contribution in [1.29, 1.82) is 0 Å². The molecule has 1 unspecified atom stereocenters. The second kappa shape index (κ2) is 24.2. The first-order chi connectivity index (χ1) is 36.0. The fourth-order valence-electron chi connectivity index (χ4n) is 9.19. The molecule has 0 saturated carbocycles. The molecule has 2 atom stereocenters.